The van der Waals surface area contributed by atoms with Gasteiger partial charge in [-0.15, -0.1) is 6.58 Å². The Hall–Kier alpha value is -2.63. The van der Waals surface area contributed by atoms with Crippen LogP contribution in [0.3, 0.4) is 0 Å². The lowest BCUT2D eigenvalue weighted by Gasteiger charge is -2.06. The minimum atomic E-state index is -0.755. The van der Waals surface area contributed by atoms with Crippen molar-refractivity contribution in [3.05, 3.63) is 36.9 Å². The van der Waals surface area contributed by atoms with Crippen LogP contribution in [-0.2, 0) is 14.4 Å². The summed E-state index contributed by atoms with van der Waals surface area (Å²) in [5, 5.41) is 7.39. The third-order valence-electron chi connectivity index (χ3n) is 2.08. The highest BCUT2D eigenvalue weighted by molar-refractivity contribution is 6.39. The molecule has 0 atom stereocenters. The van der Waals surface area contributed by atoms with E-state index in [2.05, 4.69) is 22.5 Å². The number of rotatable bonds is 4. The Morgan fingerprint density at radius 2 is 1.58 bits per heavy atom. The molecule has 1 rings (SSSR count). The molecule has 0 aromatic heterocycles. The van der Waals surface area contributed by atoms with Crippen molar-refractivity contribution in [3.63, 3.8) is 0 Å². The molecule has 0 aliphatic heterocycles. The Labute approximate surface area is 110 Å². The smallest absolute Gasteiger partial charge is 0.313 e. The zero-order chi connectivity index (χ0) is 14.3. The minimum Gasteiger partial charge on any atom is -0.344 e. The number of nitrogens with one attached hydrogen (secondary N) is 3. The summed E-state index contributed by atoms with van der Waals surface area (Å²) in [6.07, 6.45) is 1.48. The monoisotopic (exact) mass is 261 g/mol. The molecule has 19 heavy (non-hydrogen) atoms. The van der Waals surface area contributed by atoms with Crippen molar-refractivity contribution in [2.24, 2.45) is 0 Å². The first-order valence-corrected chi connectivity index (χ1v) is 5.60. The molecule has 0 saturated carbocycles. The van der Waals surface area contributed by atoms with Gasteiger partial charge in [0.2, 0.25) is 5.91 Å². The Balaban J connectivity index is 2.57. The molecular weight excluding hydrogens is 246 g/mol. The highest BCUT2D eigenvalue weighted by atomic mass is 16.2. The maximum absolute atomic E-state index is 11.5. The summed E-state index contributed by atoms with van der Waals surface area (Å²) in [5.41, 5.74) is 1.08. The molecule has 0 fully saturated rings. The molecule has 100 valence electrons. The van der Waals surface area contributed by atoms with Crippen molar-refractivity contribution in [2.75, 3.05) is 17.2 Å². The average molecular weight is 261 g/mol. The zero-order valence-corrected chi connectivity index (χ0v) is 10.5. The van der Waals surface area contributed by atoms with Gasteiger partial charge in [-0.25, -0.2) is 0 Å². The van der Waals surface area contributed by atoms with E-state index >= 15 is 0 Å². The molecule has 0 aliphatic rings. The Bertz CT molecular complexity index is 494. The lowest BCUT2D eigenvalue weighted by atomic mass is 10.2. The van der Waals surface area contributed by atoms with Crippen LogP contribution < -0.4 is 16.0 Å². The fraction of sp³-hybridized carbons (Fsp3) is 0.154. The molecule has 6 heteroatoms. The summed E-state index contributed by atoms with van der Waals surface area (Å²) in [6.45, 7) is 5.06. The number of hydrogen-bond donors (Lipinski definition) is 3. The lowest BCUT2D eigenvalue weighted by Crippen LogP contribution is -2.35. The molecule has 1 aromatic carbocycles. The van der Waals surface area contributed by atoms with Crippen molar-refractivity contribution in [1.82, 2.24) is 5.32 Å². The summed E-state index contributed by atoms with van der Waals surface area (Å²) in [5.74, 6) is -1.67. The van der Waals surface area contributed by atoms with Crippen LogP contribution in [0.1, 0.15) is 6.92 Å². The maximum atomic E-state index is 11.5. The molecule has 0 radical (unpaired) electrons. The molecule has 3 N–H and O–H groups in total. The molecule has 0 aliphatic carbocycles. The number of hydrogen-bond acceptors (Lipinski definition) is 3. The van der Waals surface area contributed by atoms with Gasteiger partial charge >= 0.3 is 11.8 Å². The summed E-state index contributed by atoms with van der Waals surface area (Å²) in [7, 11) is 0. The van der Waals surface area contributed by atoms with Gasteiger partial charge in [-0.05, 0) is 24.3 Å². The first-order chi connectivity index (χ1) is 9.02. The van der Waals surface area contributed by atoms with E-state index in [1.807, 2.05) is 0 Å². The van der Waals surface area contributed by atoms with Gasteiger partial charge in [-0.1, -0.05) is 6.08 Å². The van der Waals surface area contributed by atoms with Gasteiger partial charge in [0.1, 0.15) is 0 Å². The molecule has 0 unspecified atom stereocenters. The lowest BCUT2D eigenvalue weighted by molar-refractivity contribution is -0.136. The fourth-order valence-corrected chi connectivity index (χ4v) is 1.27. The van der Waals surface area contributed by atoms with E-state index in [1.165, 1.54) is 13.0 Å². The molecule has 1 aromatic rings. The van der Waals surface area contributed by atoms with E-state index in [0.29, 0.717) is 11.4 Å². The summed E-state index contributed by atoms with van der Waals surface area (Å²) in [4.78, 5) is 33.6. The van der Waals surface area contributed by atoms with Crippen LogP contribution in [0.4, 0.5) is 11.4 Å². The van der Waals surface area contributed by atoms with Crippen LogP contribution >= 0.6 is 0 Å². The number of carbonyl (C=O) groups is 3. The summed E-state index contributed by atoms with van der Waals surface area (Å²) in [6, 6.07) is 6.42. The number of anilines is 2. The summed E-state index contributed by atoms with van der Waals surface area (Å²) >= 11 is 0. The average Bonchev–Trinajstić information content (AvgIpc) is 2.37. The minimum absolute atomic E-state index is 0.180. The third kappa shape index (κ3) is 5.03. The highest BCUT2D eigenvalue weighted by Crippen LogP contribution is 2.13. The van der Waals surface area contributed by atoms with Crippen molar-refractivity contribution >= 4 is 29.1 Å². The Morgan fingerprint density at radius 1 is 1.05 bits per heavy atom. The first kappa shape index (κ1) is 14.4. The molecule has 0 saturated heterocycles. The number of carbonyl (C=O) groups excluding carboxylic acids is 3. The quantitative estimate of drug-likeness (QED) is 0.555. The molecule has 0 spiro atoms. The Kier molecular flexibility index (Phi) is 5.28. The van der Waals surface area contributed by atoms with Crippen LogP contribution in [0.25, 0.3) is 0 Å². The van der Waals surface area contributed by atoms with Crippen molar-refractivity contribution in [2.45, 2.75) is 6.92 Å². The highest BCUT2D eigenvalue weighted by Gasteiger charge is 2.12. The second kappa shape index (κ2) is 6.95. The van der Waals surface area contributed by atoms with Crippen molar-refractivity contribution in [3.8, 4) is 0 Å². The largest absolute Gasteiger partial charge is 0.344 e. The van der Waals surface area contributed by atoms with Gasteiger partial charge in [0.15, 0.2) is 0 Å². The van der Waals surface area contributed by atoms with Crippen LogP contribution in [0, 0.1) is 0 Å². The second-order valence-electron chi connectivity index (χ2n) is 3.71. The van der Waals surface area contributed by atoms with Crippen molar-refractivity contribution < 1.29 is 14.4 Å². The predicted molar refractivity (Wildman–Crippen MR) is 72.6 cm³/mol. The van der Waals surface area contributed by atoms with Crippen LogP contribution in [0.15, 0.2) is 36.9 Å². The van der Waals surface area contributed by atoms with Crippen LogP contribution in [-0.4, -0.2) is 24.3 Å². The van der Waals surface area contributed by atoms with E-state index in [1.54, 1.807) is 24.3 Å². The van der Waals surface area contributed by atoms with Gasteiger partial charge in [-0.3, -0.25) is 14.4 Å². The van der Waals surface area contributed by atoms with Gasteiger partial charge in [-0.2, -0.15) is 0 Å². The predicted octanol–water partition coefficient (Wildman–Crippen LogP) is 0.886. The van der Waals surface area contributed by atoms with Crippen LogP contribution in [0.2, 0.25) is 0 Å². The van der Waals surface area contributed by atoms with Gasteiger partial charge in [0, 0.05) is 24.8 Å². The first-order valence-electron chi connectivity index (χ1n) is 5.60. The van der Waals surface area contributed by atoms with Gasteiger partial charge in [0.25, 0.3) is 0 Å². The molecule has 6 nitrogen and oxygen atoms in total. The standard InChI is InChI=1S/C13H15N3O3/c1-3-8-14-12(18)13(19)16-11-6-4-10(5-7-11)15-9(2)17/h3-7H,1,8H2,2H3,(H,14,18)(H,15,17)(H,16,19). The number of benzene rings is 1. The van der Waals surface area contributed by atoms with Gasteiger partial charge in [0.05, 0.1) is 0 Å². The van der Waals surface area contributed by atoms with Crippen molar-refractivity contribution in [1.29, 1.82) is 0 Å². The summed E-state index contributed by atoms with van der Waals surface area (Å²) < 4.78 is 0. The Morgan fingerprint density at radius 3 is 2.05 bits per heavy atom. The topological polar surface area (TPSA) is 87.3 Å². The normalized spacial score (nSPS) is 9.32. The van der Waals surface area contributed by atoms with E-state index in [4.69, 9.17) is 0 Å². The van der Waals surface area contributed by atoms with E-state index in [-0.39, 0.29) is 12.5 Å². The molecular formula is C13H15N3O3. The maximum Gasteiger partial charge on any atom is 0.313 e. The van der Waals surface area contributed by atoms with E-state index in [9.17, 15) is 14.4 Å². The fourth-order valence-electron chi connectivity index (χ4n) is 1.27. The zero-order valence-electron chi connectivity index (χ0n) is 10.5. The SMILES string of the molecule is C=CCNC(=O)C(=O)Nc1ccc(NC(C)=O)cc1. The molecule has 3 amide bonds. The van der Waals surface area contributed by atoms with Crippen LogP contribution in [0.5, 0.6) is 0 Å². The molecule has 0 heterocycles. The second-order valence-corrected chi connectivity index (χ2v) is 3.71. The van der Waals surface area contributed by atoms with Gasteiger partial charge < -0.3 is 16.0 Å². The van der Waals surface area contributed by atoms with E-state index < -0.39 is 11.8 Å². The molecule has 0 bridgehead atoms. The number of amides is 3. The third-order valence-corrected chi connectivity index (χ3v) is 2.08. The van der Waals surface area contributed by atoms with E-state index in [0.717, 1.165) is 0 Å².